The van der Waals surface area contributed by atoms with E-state index >= 15 is 8.78 Å². The molecule has 9 nitrogen and oxygen atoms in total. The molecular weight excluding hydrogens is 653 g/mol. The number of halogens is 4. The average molecular weight is 686 g/mol. The monoisotopic (exact) mass is 684 g/mol. The van der Waals surface area contributed by atoms with Crippen LogP contribution >= 0.6 is 15.9 Å². The van der Waals surface area contributed by atoms with Crippen LogP contribution in [0.2, 0.25) is 0 Å². The van der Waals surface area contributed by atoms with E-state index in [-0.39, 0.29) is 28.6 Å². The SMILES string of the molecule is COc1cc(C)ccc1CN(c1cccc(F)n1)S(=O)(=O)c1c(F)cc(N[C@H]2CCN(C(=O)OC(C)(C)C)C2)c(Br)c1F. The molecule has 1 saturated heterocycles. The molecule has 1 N–H and O–H groups in total. The van der Waals surface area contributed by atoms with Gasteiger partial charge in [0.25, 0.3) is 10.0 Å². The Labute approximate surface area is 257 Å². The first-order valence-corrected chi connectivity index (χ1v) is 15.5. The third kappa shape index (κ3) is 7.35. The van der Waals surface area contributed by atoms with E-state index in [1.54, 1.807) is 39.0 Å². The number of likely N-dealkylation sites (tertiary alicyclic amines) is 1. The molecule has 0 bridgehead atoms. The maximum atomic E-state index is 15.8. The van der Waals surface area contributed by atoms with E-state index in [2.05, 4.69) is 26.2 Å². The van der Waals surface area contributed by atoms with Crippen LogP contribution in [-0.4, -0.2) is 56.2 Å². The van der Waals surface area contributed by atoms with E-state index in [4.69, 9.17) is 9.47 Å². The van der Waals surface area contributed by atoms with Gasteiger partial charge in [-0.05, 0) is 79.9 Å². The molecule has 14 heteroatoms. The van der Waals surface area contributed by atoms with Crippen molar-refractivity contribution >= 4 is 43.6 Å². The number of hydrogen-bond acceptors (Lipinski definition) is 7. The number of anilines is 2. The van der Waals surface area contributed by atoms with E-state index in [0.717, 1.165) is 17.7 Å². The number of benzene rings is 2. The summed E-state index contributed by atoms with van der Waals surface area (Å²) >= 11 is 3.08. The number of amides is 1. The summed E-state index contributed by atoms with van der Waals surface area (Å²) in [6.45, 7) is 7.17. The smallest absolute Gasteiger partial charge is 0.410 e. The minimum Gasteiger partial charge on any atom is -0.496 e. The number of aromatic nitrogens is 1. The van der Waals surface area contributed by atoms with Gasteiger partial charge in [0.2, 0.25) is 5.95 Å². The van der Waals surface area contributed by atoms with Crippen molar-refractivity contribution in [3.8, 4) is 5.75 Å². The van der Waals surface area contributed by atoms with E-state index in [0.29, 0.717) is 28.6 Å². The van der Waals surface area contributed by atoms with Gasteiger partial charge in [0.15, 0.2) is 10.7 Å². The fraction of sp³-hybridized carbons (Fsp3) is 0.379. The van der Waals surface area contributed by atoms with Crippen LogP contribution in [0.5, 0.6) is 5.75 Å². The van der Waals surface area contributed by atoms with Crippen molar-refractivity contribution in [1.82, 2.24) is 9.88 Å². The summed E-state index contributed by atoms with van der Waals surface area (Å²) in [6.07, 6.45) is -0.0437. The van der Waals surface area contributed by atoms with Gasteiger partial charge >= 0.3 is 6.09 Å². The minimum absolute atomic E-state index is 0.0411. The third-order valence-corrected chi connectivity index (χ3v) is 9.14. The largest absolute Gasteiger partial charge is 0.496 e. The Morgan fingerprint density at radius 2 is 1.91 bits per heavy atom. The van der Waals surface area contributed by atoms with Gasteiger partial charge in [-0.1, -0.05) is 18.2 Å². The highest BCUT2D eigenvalue weighted by molar-refractivity contribution is 9.10. The standard InChI is InChI=1S/C29H32BrF3N4O5S/c1-17-9-10-18(22(13-17)41-5)15-37(24-8-6-7-23(32)35-24)43(39,40)27-20(31)14-21(25(30)26(27)33)34-19-11-12-36(16-19)28(38)42-29(2,3)4/h6-10,13-14,19,34H,11-12,15-16H2,1-5H3/t19-/m0/s1. The Balaban J connectivity index is 1.68. The Hall–Kier alpha value is -3.52. The summed E-state index contributed by atoms with van der Waals surface area (Å²) in [4.78, 5) is 16.3. The number of rotatable bonds is 8. The zero-order valence-electron chi connectivity index (χ0n) is 24.3. The molecule has 232 valence electrons. The minimum atomic E-state index is -5.00. The quantitative estimate of drug-likeness (QED) is 0.217. The average Bonchev–Trinajstić information content (AvgIpc) is 3.38. The van der Waals surface area contributed by atoms with Crippen LogP contribution in [0, 0.1) is 24.5 Å². The summed E-state index contributed by atoms with van der Waals surface area (Å²) in [5.74, 6) is -3.79. The van der Waals surface area contributed by atoms with Gasteiger partial charge in [-0.2, -0.15) is 4.39 Å². The van der Waals surface area contributed by atoms with Crippen LogP contribution in [0.25, 0.3) is 0 Å². The molecule has 1 aromatic heterocycles. The van der Waals surface area contributed by atoms with Crippen LogP contribution in [0.1, 0.15) is 38.3 Å². The zero-order valence-corrected chi connectivity index (χ0v) is 26.7. The molecule has 0 spiro atoms. The van der Waals surface area contributed by atoms with Crippen LogP contribution in [-0.2, 0) is 21.3 Å². The number of hydrogen-bond donors (Lipinski definition) is 1. The summed E-state index contributed by atoms with van der Waals surface area (Å²) in [6, 6.07) is 8.95. The van der Waals surface area contributed by atoms with Gasteiger partial charge in [-0.3, -0.25) is 0 Å². The summed E-state index contributed by atoms with van der Waals surface area (Å²) in [7, 11) is -3.60. The van der Waals surface area contributed by atoms with Gasteiger partial charge in [-0.25, -0.2) is 31.3 Å². The van der Waals surface area contributed by atoms with Crippen LogP contribution in [0.3, 0.4) is 0 Å². The third-order valence-electron chi connectivity index (χ3n) is 6.58. The lowest BCUT2D eigenvalue weighted by Crippen LogP contribution is -2.36. The molecule has 2 aromatic carbocycles. The first-order valence-electron chi connectivity index (χ1n) is 13.3. The van der Waals surface area contributed by atoms with Gasteiger partial charge in [0.05, 0.1) is 23.8 Å². The first-order chi connectivity index (χ1) is 20.1. The molecule has 1 fully saturated rings. The molecule has 3 aromatic rings. The lowest BCUT2D eigenvalue weighted by molar-refractivity contribution is 0.0293. The lowest BCUT2D eigenvalue weighted by atomic mass is 10.1. The number of nitrogens with zero attached hydrogens (tertiary/aromatic N) is 3. The molecule has 1 aliphatic heterocycles. The molecule has 0 unspecified atom stereocenters. The highest BCUT2D eigenvalue weighted by atomic mass is 79.9. The second kappa shape index (κ2) is 12.6. The summed E-state index contributed by atoms with van der Waals surface area (Å²) in [5, 5.41) is 2.98. The predicted octanol–water partition coefficient (Wildman–Crippen LogP) is 6.40. The number of sulfonamides is 1. The van der Waals surface area contributed by atoms with Crippen molar-refractivity contribution < 1.29 is 35.9 Å². The molecule has 43 heavy (non-hydrogen) atoms. The zero-order chi connectivity index (χ0) is 31.7. The summed E-state index contributed by atoms with van der Waals surface area (Å²) < 4.78 is 84.5. The Morgan fingerprint density at radius 1 is 1.19 bits per heavy atom. The van der Waals surface area contributed by atoms with E-state index in [1.807, 2.05) is 6.92 Å². The molecule has 4 rings (SSSR count). The van der Waals surface area contributed by atoms with E-state index < -0.39 is 50.7 Å². The molecule has 1 amide bonds. The van der Waals surface area contributed by atoms with Crippen molar-refractivity contribution in [2.45, 2.75) is 57.2 Å². The highest BCUT2D eigenvalue weighted by Gasteiger charge is 2.36. The van der Waals surface area contributed by atoms with E-state index in [9.17, 15) is 17.6 Å². The highest BCUT2D eigenvalue weighted by Crippen LogP contribution is 2.37. The molecule has 0 saturated carbocycles. The normalized spacial score (nSPS) is 15.4. The topological polar surface area (TPSA) is 101 Å². The first kappa shape index (κ1) is 32.4. The number of carbonyl (C=O) groups excluding carboxylic acids is 1. The number of ether oxygens (including phenoxy) is 2. The molecular formula is C29H32BrF3N4O5S. The predicted molar refractivity (Wildman–Crippen MR) is 159 cm³/mol. The molecule has 0 aliphatic carbocycles. The van der Waals surface area contributed by atoms with Crippen molar-refractivity contribution in [1.29, 1.82) is 0 Å². The molecule has 1 aliphatic rings. The Kier molecular flexibility index (Phi) is 9.50. The van der Waals surface area contributed by atoms with Gasteiger partial charge in [0, 0.05) is 24.7 Å². The van der Waals surface area contributed by atoms with Crippen molar-refractivity contribution in [3.63, 3.8) is 0 Å². The number of methoxy groups -OCH3 is 1. The van der Waals surface area contributed by atoms with Crippen molar-refractivity contribution in [2.75, 3.05) is 29.8 Å². The number of pyridine rings is 1. The Bertz CT molecular complexity index is 1640. The number of nitrogens with one attached hydrogen (secondary N) is 1. The van der Waals surface area contributed by atoms with E-state index in [1.165, 1.54) is 24.1 Å². The Morgan fingerprint density at radius 3 is 2.56 bits per heavy atom. The maximum absolute atomic E-state index is 15.8. The fourth-order valence-corrected chi connectivity index (χ4v) is 6.65. The molecule has 1 atom stereocenters. The van der Waals surface area contributed by atoms with Crippen LogP contribution < -0.4 is 14.4 Å². The second-order valence-electron chi connectivity index (χ2n) is 11.1. The number of aryl methyl sites for hydroxylation is 1. The second-order valence-corrected chi connectivity index (χ2v) is 13.7. The fourth-order valence-electron chi connectivity index (χ4n) is 4.58. The maximum Gasteiger partial charge on any atom is 0.410 e. The van der Waals surface area contributed by atoms with Crippen molar-refractivity contribution in [3.05, 3.63) is 75.6 Å². The van der Waals surface area contributed by atoms with Crippen LogP contribution in [0.15, 0.2) is 51.8 Å². The summed E-state index contributed by atoms with van der Waals surface area (Å²) in [5.41, 5.74) is 0.468. The van der Waals surface area contributed by atoms with Gasteiger partial charge in [0.1, 0.15) is 23.0 Å². The lowest BCUT2D eigenvalue weighted by Gasteiger charge is -2.26. The van der Waals surface area contributed by atoms with Gasteiger partial charge < -0.3 is 19.7 Å². The van der Waals surface area contributed by atoms with Crippen molar-refractivity contribution in [2.24, 2.45) is 0 Å². The molecule has 0 radical (unpaired) electrons. The number of carbonyl (C=O) groups is 1. The van der Waals surface area contributed by atoms with Gasteiger partial charge in [-0.15, -0.1) is 0 Å². The van der Waals surface area contributed by atoms with Crippen LogP contribution in [0.4, 0.5) is 29.5 Å². The molecule has 2 heterocycles.